The van der Waals surface area contributed by atoms with Crippen molar-refractivity contribution >= 4 is 28.4 Å². The van der Waals surface area contributed by atoms with Crippen molar-refractivity contribution in [1.82, 2.24) is 10.3 Å². The summed E-state index contributed by atoms with van der Waals surface area (Å²) in [6.07, 6.45) is 8.08. The molecule has 0 bridgehead atoms. The average molecular weight is 353 g/mol. The topological polar surface area (TPSA) is 62.0 Å². The average Bonchev–Trinajstić information content (AvgIpc) is 2.56. The highest BCUT2D eigenvalue weighted by atomic mass is 35.5. The van der Waals surface area contributed by atoms with Gasteiger partial charge in [-0.1, -0.05) is 50.6 Å². The van der Waals surface area contributed by atoms with Gasteiger partial charge in [-0.2, -0.15) is 0 Å². The second kappa shape index (κ2) is 8.83. The Labute approximate surface area is 145 Å². The van der Waals surface area contributed by atoms with Gasteiger partial charge in [0, 0.05) is 18.1 Å². The lowest BCUT2D eigenvalue weighted by atomic mass is 10.1. The molecule has 0 aliphatic carbocycles. The molecular weight excluding hydrogens is 331 g/mol. The number of carbonyl (C=O) groups is 1. The van der Waals surface area contributed by atoms with Crippen LogP contribution in [-0.4, -0.2) is 17.4 Å². The van der Waals surface area contributed by atoms with Gasteiger partial charge in [0.05, 0.1) is 10.5 Å². The second-order valence-corrected chi connectivity index (χ2v) is 6.27. The summed E-state index contributed by atoms with van der Waals surface area (Å²) >= 11 is 5.70. The molecule has 24 heavy (non-hydrogen) atoms. The van der Waals surface area contributed by atoms with Gasteiger partial charge in [-0.3, -0.25) is 9.59 Å². The van der Waals surface area contributed by atoms with Gasteiger partial charge in [-0.05, 0) is 18.6 Å². The van der Waals surface area contributed by atoms with Gasteiger partial charge in [-0.15, -0.1) is 0 Å². The van der Waals surface area contributed by atoms with Crippen molar-refractivity contribution in [1.29, 1.82) is 0 Å². The first-order valence-corrected chi connectivity index (χ1v) is 8.71. The van der Waals surface area contributed by atoms with Crippen LogP contribution in [-0.2, 0) is 0 Å². The lowest BCUT2D eigenvalue weighted by Gasteiger charge is -2.06. The van der Waals surface area contributed by atoms with Crippen LogP contribution >= 0.6 is 11.6 Å². The molecule has 2 rings (SSSR count). The van der Waals surface area contributed by atoms with Crippen molar-refractivity contribution in [2.75, 3.05) is 6.54 Å². The van der Waals surface area contributed by atoms with E-state index in [4.69, 9.17) is 11.6 Å². The van der Waals surface area contributed by atoms with E-state index in [1.165, 1.54) is 31.5 Å². The maximum absolute atomic E-state index is 13.6. The Balaban J connectivity index is 1.99. The van der Waals surface area contributed by atoms with Crippen LogP contribution in [0.25, 0.3) is 10.9 Å². The third-order valence-electron chi connectivity index (χ3n) is 3.98. The first-order chi connectivity index (χ1) is 11.5. The highest BCUT2D eigenvalue weighted by Gasteiger charge is 2.14. The number of fused-ring (bicyclic) bond motifs is 1. The fraction of sp³-hybridized carbons (Fsp3) is 0.444. The van der Waals surface area contributed by atoms with E-state index in [1.807, 2.05) is 0 Å². The molecule has 0 unspecified atom stereocenters. The van der Waals surface area contributed by atoms with Crippen LogP contribution in [0.4, 0.5) is 4.39 Å². The normalized spacial score (nSPS) is 11.0. The van der Waals surface area contributed by atoms with Crippen LogP contribution < -0.4 is 10.7 Å². The van der Waals surface area contributed by atoms with Crippen LogP contribution in [0.1, 0.15) is 55.8 Å². The summed E-state index contributed by atoms with van der Waals surface area (Å²) in [7, 11) is 0. The molecule has 0 radical (unpaired) electrons. The number of pyridine rings is 1. The number of aromatic nitrogens is 1. The molecule has 0 saturated heterocycles. The van der Waals surface area contributed by atoms with Crippen molar-refractivity contribution in [3.05, 3.63) is 45.0 Å². The molecule has 1 heterocycles. The molecule has 0 atom stereocenters. The van der Waals surface area contributed by atoms with Gasteiger partial charge in [0.15, 0.2) is 0 Å². The summed E-state index contributed by atoms with van der Waals surface area (Å²) in [5, 5.41) is 2.79. The van der Waals surface area contributed by atoms with Crippen LogP contribution in [0.3, 0.4) is 0 Å². The zero-order chi connectivity index (χ0) is 17.5. The van der Waals surface area contributed by atoms with E-state index in [9.17, 15) is 14.0 Å². The summed E-state index contributed by atoms with van der Waals surface area (Å²) in [4.78, 5) is 27.3. The van der Waals surface area contributed by atoms with Crippen LogP contribution in [0.2, 0.25) is 5.02 Å². The lowest BCUT2D eigenvalue weighted by molar-refractivity contribution is 0.0951. The molecule has 0 aliphatic rings. The Morgan fingerprint density at radius 2 is 1.92 bits per heavy atom. The van der Waals surface area contributed by atoms with E-state index >= 15 is 0 Å². The number of rotatable bonds is 8. The highest BCUT2D eigenvalue weighted by Crippen LogP contribution is 2.19. The number of benzene rings is 1. The molecule has 0 spiro atoms. The first kappa shape index (κ1) is 18.5. The van der Waals surface area contributed by atoms with Crippen molar-refractivity contribution in [3.8, 4) is 0 Å². The number of aromatic amines is 1. The molecule has 1 amide bonds. The lowest BCUT2D eigenvalue weighted by Crippen LogP contribution is -2.29. The zero-order valence-corrected chi connectivity index (χ0v) is 14.5. The summed E-state index contributed by atoms with van der Waals surface area (Å²) in [5.41, 5.74) is -0.117. The van der Waals surface area contributed by atoms with Gasteiger partial charge in [0.25, 0.3) is 5.91 Å². The maximum Gasteiger partial charge on any atom is 0.256 e. The second-order valence-electron chi connectivity index (χ2n) is 5.87. The molecule has 0 aliphatic heterocycles. The molecule has 2 aromatic rings. The Hall–Kier alpha value is -1.88. The monoisotopic (exact) mass is 352 g/mol. The molecule has 1 aromatic heterocycles. The standard InChI is InChI=1S/C18H22ClFN2O2/c1-2-3-4-5-6-7-8-21-18(24)13-11-22-16-10-14(19)15(20)9-12(16)17(13)23/h9-11H,2-8H2,1H3,(H,21,24)(H,22,23). The number of hydrogen-bond donors (Lipinski definition) is 2. The van der Waals surface area contributed by atoms with E-state index < -0.39 is 17.2 Å². The van der Waals surface area contributed by atoms with Gasteiger partial charge < -0.3 is 10.3 Å². The summed E-state index contributed by atoms with van der Waals surface area (Å²) < 4.78 is 13.6. The Morgan fingerprint density at radius 1 is 1.21 bits per heavy atom. The minimum Gasteiger partial charge on any atom is -0.360 e. The fourth-order valence-corrected chi connectivity index (χ4v) is 2.75. The van der Waals surface area contributed by atoms with Crippen LogP contribution in [0, 0.1) is 5.82 Å². The Kier molecular flexibility index (Phi) is 6.79. The van der Waals surface area contributed by atoms with Gasteiger partial charge in [0.1, 0.15) is 11.4 Å². The van der Waals surface area contributed by atoms with Crippen molar-refractivity contribution in [2.45, 2.75) is 45.4 Å². The predicted molar refractivity (Wildman–Crippen MR) is 95.2 cm³/mol. The molecule has 0 fully saturated rings. The van der Waals surface area contributed by atoms with E-state index in [0.717, 1.165) is 25.3 Å². The van der Waals surface area contributed by atoms with Gasteiger partial charge in [-0.25, -0.2) is 4.39 Å². The number of carbonyl (C=O) groups excluding carboxylic acids is 1. The van der Waals surface area contributed by atoms with Crippen molar-refractivity contribution in [2.24, 2.45) is 0 Å². The smallest absolute Gasteiger partial charge is 0.256 e. The molecule has 6 heteroatoms. The van der Waals surface area contributed by atoms with E-state index in [0.29, 0.717) is 12.1 Å². The van der Waals surface area contributed by atoms with Gasteiger partial charge in [0.2, 0.25) is 5.43 Å². The Morgan fingerprint density at radius 3 is 2.67 bits per heavy atom. The quantitative estimate of drug-likeness (QED) is 0.691. The maximum atomic E-state index is 13.6. The first-order valence-electron chi connectivity index (χ1n) is 8.33. The predicted octanol–water partition coefficient (Wildman–Crippen LogP) is 4.41. The van der Waals surface area contributed by atoms with Gasteiger partial charge >= 0.3 is 0 Å². The molecule has 130 valence electrons. The summed E-state index contributed by atoms with van der Waals surface area (Å²) in [6.45, 7) is 2.69. The SMILES string of the molecule is CCCCCCCCNC(=O)c1c[nH]c2cc(Cl)c(F)cc2c1=O. The number of halogens is 2. The van der Waals surface area contributed by atoms with Crippen LogP contribution in [0.15, 0.2) is 23.1 Å². The minimum absolute atomic E-state index is 0.0183. The number of unbranched alkanes of at least 4 members (excludes halogenated alkanes) is 5. The van der Waals surface area contributed by atoms with Crippen LogP contribution in [0.5, 0.6) is 0 Å². The third-order valence-corrected chi connectivity index (χ3v) is 4.27. The van der Waals surface area contributed by atoms with E-state index in [1.54, 1.807) is 0 Å². The Bertz CT molecular complexity index is 773. The molecular formula is C18H22ClFN2O2. The van der Waals surface area contributed by atoms with Crippen molar-refractivity contribution in [3.63, 3.8) is 0 Å². The van der Waals surface area contributed by atoms with E-state index in [-0.39, 0.29) is 16.0 Å². The number of hydrogen-bond acceptors (Lipinski definition) is 2. The fourth-order valence-electron chi connectivity index (χ4n) is 2.59. The number of amides is 1. The largest absolute Gasteiger partial charge is 0.360 e. The minimum atomic E-state index is -0.681. The highest BCUT2D eigenvalue weighted by molar-refractivity contribution is 6.31. The van der Waals surface area contributed by atoms with Crippen molar-refractivity contribution < 1.29 is 9.18 Å². The zero-order valence-electron chi connectivity index (χ0n) is 13.8. The number of H-pyrrole nitrogens is 1. The summed E-state index contributed by atoms with van der Waals surface area (Å²) in [6, 6.07) is 2.40. The number of nitrogens with one attached hydrogen (secondary N) is 2. The molecule has 2 N–H and O–H groups in total. The molecule has 1 aromatic carbocycles. The molecule has 4 nitrogen and oxygen atoms in total. The third kappa shape index (κ3) is 4.57. The summed E-state index contributed by atoms with van der Waals surface area (Å²) in [5.74, 6) is -1.12. The molecule has 0 saturated carbocycles. The van der Waals surface area contributed by atoms with E-state index in [2.05, 4.69) is 17.2 Å².